The Morgan fingerprint density at radius 2 is 1.97 bits per heavy atom. The van der Waals surface area contributed by atoms with Gasteiger partial charge in [0.2, 0.25) is 0 Å². The Balaban J connectivity index is 1.72. The third kappa shape index (κ3) is 3.28. The lowest BCUT2D eigenvalue weighted by Gasteiger charge is -2.20. The number of aromatic amines is 1. The van der Waals surface area contributed by atoms with Crippen LogP contribution in [-0.4, -0.2) is 29.5 Å². The summed E-state index contributed by atoms with van der Waals surface area (Å²) in [5.41, 5.74) is 0.877. The highest BCUT2D eigenvalue weighted by Gasteiger charge is 2.21. The van der Waals surface area contributed by atoms with Crippen molar-refractivity contribution in [3.05, 3.63) is 92.7 Å². The number of halogens is 1. The van der Waals surface area contributed by atoms with E-state index < -0.39 is 6.04 Å². The highest BCUT2D eigenvalue weighted by Crippen LogP contribution is 2.25. The number of aromatic nitrogens is 6. The third-order valence-electron chi connectivity index (χ3n) is 5.07. The van der Waals surface area contributed by atoms with Crippen molar-refractivity contribution in [1.29, 1.82) is 0 Å². The summed E-state index contributed by atoms with van der Waals surface area (Å²) in [6.07, 6.45) is 6.08. The molecule has 0 bridgehead atoms. The van der Waals surface area contributed by atoms with Crippen LogP contribution in [0.3, 0.4) is 0 Å². The van der Waals surface area contributed by atoms with Crippen molar-refractivity contribution in [2.45, 2.75) is 13.0 Å². The molecule has 0 aliphatic heterocycles. The zero-order chi connectivity index (χ0) is 22.2. The van der Waals surface area contributed by atoms with Gasteiger partial charge in [-0.25, -0.2) is 15.0 Å². The van der Waals surface area contributed by atoms with Crippen LogP contribution in [-0.2, 0) is 0 Å². The lowest BCUT2D eigenvalue weighted by atomic mass is 10.2. The van der Waals surface area contributed by atoms with Crippen LogP contribution in [0, 0.1) is 0 Å². The number of hydrogen-bond acceptors (Lipinski definition) is 7. The zero-order valence-corrected chi connectivity index (χ0v) is 17.5. The quantitative estimate of drug-likeness (QED) is 0.436. The SMILES string of the molecule is C[C@H](Nc1ncnc2[nH]ccc(=O)c12)c1nc2cccc(Cl)c2c(=O)n1-c1cccnc1. The number of nitrogens with one attached hydrogen (secondary N) is 2. The molecule has 1 aromatic carbocycles. The first-order valence-electron chi connectivity index (χ1n) is 9.75. The van der Waals surface area contributed by atoms with E-state index in [1.165, 1.54) is 23.2 Å². The van der Waals surface area contributed by atoms with Gasteiger partial charge in [-0.1, -0.05) is 17.7 Å². The lowest BCUT2D eigenvalue weighted by Crippen LogP contribution is -2.28. The molecule has 0 spiro atoms. The second kappa shape index (κ2) is 7.86. The number of hydrogen-bond donors (Lipinski definition) is 2. The van der Waals surface area contributed by atoms with Gasteiger partial charge in [-0.2, -0.15) is 0 Å². The van der Waals surface area contributed by atoms with Gasteiger partial charge in [0.1, 0.15) is 29.0 Å². The Bertz CT molecular complexity index is 1580. The van der Waals surface area contributed by atoms with Gasteiger partial charge < -0.3 is 10.3 Å². The van der Waals surface area contributed by atoms with E-state index in [0.717, 1.165) is 0 Å². The molecule has 0 aliphatic carbocycles. The smallest absolute Gasteiger partial charge is 0.267 e. The standard InChI is InChI=1S/C22H16ClN7O2/c1-12(28-20-18-16(31)7-9-25-19(18)26-11-27-20)21-29-15-6-2-5-14(23)17(15)22(32)30(21)13-4-3-8-24-10-13/h2-12H,1H3,(H2,25,26,27,28,31)/t12-/m0/s1. The molecule has 9 nitrogen and oxygen atoms in total. The lowest BCUT2D eigenvalue weighted by molar-refractivity contribution is 0.730. The van der Waals surface area contributed by atoms with E-state index in [0.29, 0.717) is 44.3 Å². The molecule has 4 aromatic heterocycles. The Labute approximate surface area is 185 Å². The van der Waals surface area contributed by atoms with Crippen molar-refractivity contribution in [2.75, 3.05) is 5.32 Å². The van der Waals surface area contributed by atoms with E-state index >= 15 is 0 Å². The molecule has 32 heavy (non-hydrogen) atoms. The van der Waals surface area contributed by atoms with E-state index in [9.17, 15) is 9.59 Å². The van der Waals surface area contributed by atoms with Gasteiger partial charge in [0.15, 0.2) is 5.43 Å². The molecule has 1 atom stereocenters. The monoisotopic (exact) mass is 445 g/mol. The summed E-state index contributed by atoms with van der Waals surface area (Å²) in [5, 5.41) is 4.17. The molecule has 0 fully saturated rings. The maximum atomic E-state index is 13.5. The Morgan fingerprint density at radius 1 is 1.09 bits per heavy atom. The highest BCUT2D eigenvalue weighted by molar-refractivity contribution is 6.35. The fourth-order valence-corrected chi connectivity index (χ4v) is 3.87. The van der Waals surface area contributed by atoms with Crippen LogP contribution in [0.5, 0.6) is 0 Å². The summed E-state index contributed by atoms with van der Waals surface area (Å²) in [4.78, 5) is 46.1. The molecule has 5 rings (SSSR count). The molecule has 4 heterocycles. The Morgan fingerprint density at radius 3 is 2.78 bits per heavy atom. The van der Waals surface area contributed by atoms with Crippen molar-refractivity contribution in [3.8, 4) is 5.69 Å². The Kier molecular flexibility index (Phi) is 4.87. The maximum Gasteiger partial charge on any atom is 0.267 e. The number of benzene rings is 1. The van der Waals surface area contributed by atoms with Crippen LogP contribution < -0.4 is 16.3 Å². The van der Waals surface area contributed by atoms with Gasteiger partial charge in [0.05, 0.1) is 33.9 Å². The predicted octanol–water partition coefficient (Wildman–Crippen LogP) is 3.24. The molecule has 10 heteroatoms. The molecule has 2 N–H and O–H groups in total. The van der Waals surface area contributed by atoms with Crippen LogP contribution in [0.4, 0.5) is 5.82 Å². The van der Waals surface area contributed by atoms with E-state index in [4.69, 9.17) is 16.6 Å². The first kappa shape index (κ1) is 19.8. The van der Waals surface area contributed by atoms with E-state index in [-0.39, 0.29) is 11.0 Å². The van der Waals surface area contributed by atoms with Crippen molar-refractivity contribution in [2.24, 2.45) is 0 Å². The molecule has 0 unspecified atom stereocenters. The summed E-state index contributed by atoms with van der Waals surface area (Å²) in [5.74, 6) is 0.749. The maximum absolute atomic E-state index is 13.5. The minimum atomic E-state index is -0.510. The number of H-pyrrole nitrogens is 1. The molecule has 5 aromatic rings. The number of nitrogens with zero attached hydrogens (tertiary/aromatic N) is 5. The molecule has 0 radical (unpaired) electrons. The van der Waals surface area contributed by atoms with Gasteiger partial charge in [0.25, 0.3) is 5.56 Å². The van der Waals surface area contributed by atoms with Crippen LogP contribution in [0.1, 0.15) is 18.8 Å². The van der Waals surface area contributed by atoms with Gasteiger partial charge in [-0.15, -0.1) is 0 Å². The molecule has 0 saturated carbocycles. The first-order valence-corrected chi connectivity index (χ1v) is 10.1. The number of rotatable bonds is 4. The third-order valence-corrected chi connectivity index (χ3v) is 5.38. The van der Waals surface area contributed by atoms with Crippen molar-refractivity contribution in [3.63, 3.8) is 0 Å². The molecule has 0 saturated heterocycles. The Hall–Kier alpha value is -4.11. The minimum Gasteiger partial charge on any atom is -0.360 e. The topological polar surface area (TPSA) is 118 Å². The fraction of sp³-hybridized carbons (Fsp3) is 0.0909. The fourth-order valence-electron chi connectivity index (χ4n) is 3.62. The minimum absolute atomic E-state index is 0.225. The summed E-state index contributed by atoms with van der Waals surface area (Å²) >= 11 is 6.33. The summed E-state index contributed by atoms with van der Waals surface area (Å²) < 4.78 is 1.46. The second-order valence-corrected chi connectivity index (χ2v) is 7.52. The molecule has 0 amide bonds. The van der Waals surface area contributed by atoms with Crippen LogP contribution in [0.2, 0.25) is 5.02 Å². The van der Waals surface area contributed by atoms with Gasteiger partial charge >= 0.3 is 0 Å². The molecular weight excluding hydrogens is 430 g/mol. The van der Waals surface area contributed by atoms with E-state index in [2.05, 4.69) is 25.3 Å². The number of anilines is 1. The van der Waals surface area contributed by atoms with E-state index in [1.807, 2.05) is 6.92 Å². The van der Waals surface area contributed by atoms with Gasteiger partial charge in [-0.3, -0.25) is 19.1 Å². The summed E-state index contributed by atoms with van der Waals surface area (Å²) in [6, 6.07) is 9.52. The number of pyridine rings is 2. The second-order valence-electron chi connectivity index (χ2n) is 7.11. The summed E-state index contributed by atoms with van der Waals surface area (Å²) in [6.45, 7) is 1.83. The van der Waals surface area contributed by atoms with Crippen molar-refractivity contribution >= 4 is 39.4 Å². The summed E-state index contributed by atoms with van der Waals surface area (Å²) in [7, 11) is 0. The van der Waals surface area contributed by atoms with Crippen LogP contribution in [0.25, 0.3) is 27.6 Å². The molecule has 158 valence electrons. The van der Waals surface area contributed by atoms with Gasteiger partial charge in [-0.05, 0) is 31.2 Å². The van der Waals surface area contributed by atoms with Crippen molar-refractivity contribution < 1.29 is 0 Å². The molecular formula is C22H16ClN7O2. The number of fused-ring (bicyclic) bond motifs is 2. The van der Waals surface area contributed by atoms with Crippen LogP contribution >= 0.6 is 11.6 Å². The largest absolute Gasteiger partial charge is 0.360 e. The van der Waals surface area contributed by atoms with Crippen molar-refractivity contribution in [1.82, 2.24) is 29.5 Å². The zero-order valence-electron chi connectivity index (χ0n) is 16.8. The first-order chi connectivity index (χ1) is 15.5. The average molecular weight is 446 g/mol. The predicted molar refractivity (Wildman–Crippen MR) is 122 cm³/mol. The van der Waals surface area contributed by atoms with E-state index in [1.54, 1.807) is 42.7 Å². The van der Waals surface area contributed by atoms with Gasteiger partial charge in [0, 0.05) is 18.5 Å². The normalized spacial score (nSPS) is 12.2. The average Bonchev–Trinajstić information content (AvgIpc) is 2.79. The highest BCUT2D eigenvalue weighted by atomic mass is 35.5. The molecule has 0 aliphatic rings. The van der Waals surface area contributed by atoms with Crippen LogP contribution in [0.15, 0.2) is 70.9 Å².